The number of nitrogens with one attached hydrogen (secondary N) is 1. The molecule has 1 saturated heterocycles. The lowest BCUT2D eigenvalue weighted by atomic mass is 10.0. The summed E-state index contributed by atoms with van der Waals surface area (Å²) >= 11 is 0. The summed E-state index contributed by atoms with van der Waals surface area (Å²) < 4.78 is 11.1. The molecule has 0 radical (unpaired) electrons. The minimum atomic E-state index is -0.122. The molecule has 16 heavy (non-hydrogen) atoms. The van der Waals surface area contributed by atoms with Crippen LogP contribution in [0.25, 0.3) is 0 Å². The molecule has 1 N–H and O–H groups in total. The van der Waals surface area contributed by atoms with Gasteiger partial charge in [-0.3, -0.25) is 0 Å². The van der Waals surface area contributed by atoms with Crippen molar-refractivity contribution in [2.45, 2.75) is 25.4 Å². The Morgan fingerprint density at radius 1 is 1.38 bits per heavy atom. The van der Waals surface area contributed by atoms with Crippen LogP contribution in [0.15, 0.2) is 18.2 Å². The number of rotatable bonds is 2. The van der Waals surface area contributed by atoms with E-state index in [-0.39, 0.29) is 5.60 Å². The Morgan fingerprint density at radius 3 is 3.00 bits per heavy atom. The van der Waals surface area contributed by atoms with Gasteiger partial charge in [-0.05, 0) is 31.4 Å². The highest BCUT2D eigenvalue weighted by Crippen LogP contribution is 2.30. The minimum absolute atomic E-state index is 0.122. The van der Waals surface area contributed by atoms with Crippen LogP contribution in [-0.2, 0) is 11.2 Å². The molecule has 1 fully saturated rings. The average Bonchev–Trinajstić information content (AvgIpc) is 2.27. The second kappa shape index (κ2) is 3.67. The average molecular weight is 219 g/mol. The standard InChI is InChI=1S/C13H17NO2/c1-13(8-15-9-13)16-11-5-4-10-3-2-6-14-12(10)7-11/h4-5,7,14H,2-3,6,8-9H2,1H3. The smallest absolute Gasteiger partial charge is 0.152 e. The summed E-state index contributed by atoms with van der Waals surface area (Å²) in [6, 6.07) is 6.34. The predicted octanol–water partition coefficient (Wildman–Crippen LogP) is 2.21. The van der Waals surface area contributed by atoms with Gasteiger partial charge in [0.05, 0.1) is 13.2 Å². The maximum Gasteiger partial charge on any atom is 0.152 e. The van der Waals surface area contributed by atoms with Crippen LogP contribution < -0.4 is 10.1 Å². The molecule has 0 spiro atoms. The zero-order chi connectivity index (χ0) is 11.0. The van der Waals surface area contributed by atoms with Crippen LogP contribution in [0.3, 0.4) is 0 Å². The van der Waals surface area contributed by atoms with Gasteiger partial charge in [-0.25, -0.2) is 0 Å². The lowest BCUT2D eigenvalue weighted by molar-refractivity contribution is -0.149. The number of aryl methyl sites for hydroxylation is 1. The van der Waals surface area contributed by atoms with E-state index in [2.05, 4.69) is 30.4 Å². The van der Waals surface area contributed by atoms with E-state index >= 15 is 0 Å². The first-order chi connectivity index (χ1) is 7.75. The van der Waals surface area contributed by atoms with Crippen molar-refractivity contribution in [3.05, 3.63) is 23.8 Å². The molecule has 0 unspecified atom stereocenters. The van der Waals surface area contributed by atoms with Gasteiger partial charge in [0.25, 0.3) is 0 Å². The van der Waals surface area contributed by atoms with Crippen molar-refractivity contribution in [2.24, 2.45) is 0 Å². The molecule has 2 heterocycles. The summed E-state index contributed by atoms with van der Waals surface area (Å²) in [5.41, 5.74) is 2.50. The SMILES string of the molecule is CC1(Oc2ccc3c(c2)NCCC3)COC1. The Kier molecular flexibility index (Phi) is 2.28. The van der Waals surface area contributed by atoms with Gasteiger partial charge in [0, 0.05) is 18.3 Å². The maximum atomic E-state index is 5.94. The molecule has 86 valence electrons. The van der Waals surface area contributed by atoms with E-state index in [0.29, 0.717) is 13.2 Å². The third kappa shape index (κ3) is 1.76. The Labute approximate surface area is 95.8 Å². The molecule has 3 nitrogen and oxygen atoms in total. The number of anilines is 1. The first-order valence-electron chi connectivity index (χ1n) is 5.89. The van der Waals surface area contributed by atoms with Crippen LogP contribution in [0, 0.1) is 0 Å². The molecule has 0 bridgehead atoms. The Bertz CT molecular complexity index is 399. The molecular formula is C13H17NO2. The zero-order valence-electron chi connectivity index (χ0n) is 9.58. The first kappa shape index (κ1) is 9.97. The van der Waals surface area contributed by atoms with E-state index < -0.39 is 0 Å². The van der Waals surface area contributed by atoms with E-state index in [1.54, 1.807) is 0 Å². The van der Waals surface area contributed by atoms with E-state index in [1.807, 2.05) is 0 Å². The van der Waals surface area contributed by atoms with E-state index in [9.17, 15) is 0 Å². The highest BCUT2D eigenvalue weighted by Gasteiger charge is 2.35. The first-order valence-corrected chi connectivity index (χ1v) is 5.89. The molecule has 3 heteroatoms. The van der Waals surface area contributed by atoms with Crippen molar-refractivity contribution in [1.29, 1.82) is 0 Å². The minimum Gasteiger partial charge on any atom is -0.483 e. The molecule has 2 aliphatic heterocycles. The van der Waals surface area contributed by atoms with Crippen LogP contribution in [0.2, 0.25) is 0 Å². The number of fused-ring (bicyclic) bond motifs is 1. The Morgan fingerprint density at radius 2 is 2.25 bits per heavy atom. The fourth-order valence-electron chi connectivity index (χ4n) is 2.24. The monoisotopic (exact) mass is 219 g/mol. The molecule has 0 aromatic heterocycles. The summed E-state index contributed by atoms with van der Waals surface area (Å²) in [7, 11) is 0. The summed E-state index contributed by atoms with van der Waals surface area (Å²) in [6.07, 6.45) is 2.39. The second-order valence-electron chi connectivity index (χ2n) is 4.89. The summed E-state index contributed by atoms with van der Waals surface area (Å²) in [5.74, 6) is 0.943. The molecule has 3 rings (SSSR count). The quantitative estimate of drug-likeness (QED) is 0.827. The number of hydrogen-bond donors (Lipinski definition) is 1. The molecule has 0 saturated carbocycles. The van der Waals surface area contributed by atoms with Crippen molar-refractivity contribution >= 4 is 5.69 Å². The second-order valence-corrected chi connectivity index (χ2v) is 4.89. The van der Waals surface area contributed by atoms with Crippen LogP contribution in [-0.4, -0.2) is 25.4 Å². The van der Waals surface area contributed by atoms with Crippen LogP contribution in [0.1, 0.15) is 18.9 Å². The third-order valence-electron chi connectivity index (χ3n) is 3.20. The third-order valence-corrected chi connectivity index (χ3v) is 3.20. The van der Waals surface area contributed by atoms with Crippen molar-refractivity contribution in [2.75, 3.05) is 25.1 Å². The van der Waals surface area contributed by atoms with Crippen molar-refractivity contribution < 1.29 is 9.47 Å². The van der Waals surface area contributed by atoms with Gasteiger partial charge in [-0.15, -0.1) is 0 Å². The molecule has 2 aliphatic rings. The summed E-state index contributed by atoms with van der Waals surface area (Å²) in [5, 5.41) is 3.41. The van der Waals surface area contributed by atoms with Crippen LogP contribution >= 0.6 is 0 Å². The van der Waals surface area contributed by atoms with Gasteiger partial charge in [0.15, 0.2) is 5.60 Å². The molecular weight excluding hydrogens is 202 g/mol. The van der Waals surface area contributed by atoms with Crippen molar-refractivity contribution in [3.8, 4) is 5.75 Å². The van der Waals surface area contributed by atoms with Crippen molar-refractivity contribution in [1.82, 2.24) is 0 Å². The van der Waals surface area contributed by atoms with Crippen molar-refractivity contribution in [3.63, 3.8) is 0 Å². The summed E-state index contributed by atoms with van der Waals surface area (Å²) in [6.45, 7) is 4.54. The fraction of sp³-hybridized carbons (Fsp3) is 0.538. The van der Waals surface area contributed by atoms with Gasteiger partial charge >= 0.3 is 0 Å². The highest BCUT2D eigenvalue weighted by atomic mass is 16.6. The molecule has 1 aromatic rings. The molecule has 0 atom stereocenters. The maximum absolute atomic E-state index is 5.94. The largest absolute Gasteiger partial charge is 0.483 e. The van der Waals surface area contributed by atoms with Gasteiger partial charge in [0.2, 0.25) is 0 Å². The topological polar surface area (TPSA) is 30.5 Å². The highest BCUT2D eigenvalue weighted by molar-refractivity contribution is 5.56. The van der Waals surface area contributed by atoms with Gasteiger partial charge in [-0.2, -0.15) is 0 Å². The lowest BCUT2D eigenvalue weighted by Crippen LogP contribution is -2.51. The molecule has 1 aromatic carbocycles. The van der Waals surface area contributed by atoms with Gasteiger partial charge in [0.1, 0.15) is 5.75 Å². The Balaban J connectivity index is 1.80. The van der Waals surface area contributed by atoms with Gasteiger partial charge in [-0.1, -0.05) is 6.07 Å². The number of ether oxygens (including phenoxy) is 2. The zero-order valence-corrected chi connectivity index (χ0v) is 9.58. The molecule has 0 aliphatic carbocycles. The van der Waals surface area contributed by atoms with E-state index in [1.165, 1.54) is 24.1 Å². The number of hydrogen-bond acceptors (Lipinski definition) is 3. The van der Waals surface area contributed by atoms with Crippen LogP contribution in [0.5, 0.6) is 5.75 Å². The molecule has 0 amide bonds. The fourth-order valence-corrected chi connectivity index (χ4v) is 2.24. The lowest BCUT2D eigenvalue weighted by Gasteiger charge is -2.38. The van der Waals surface area contributed by atoms with Crippen LogP contribution in [0.4, 0.5) is 5.69 Å². The van der Waals surface area contributed by atoms with Gasteiger partial charge < -0.3 is 14.8 Å². The Hall–Kier alpha value is -1.22. The predicted molar refractivity (Wildman–Crippen MR) is 63.1 cm³/mol. The normalized spacial score (nSPS) is 21.6. The number of benzene rings is 1. The van der Waals surface area contributed by atoms with E-state index in [0.717, 1.165) is 12.3 Å². The summed E-state index contributed by atoms with van der Waals surface area (Å²) in [4.78, 5) is 0. The van der Waals surface area contributed by atoms with E-state index in [4.69, 9.17) is 9.47 Å².